The Kier molecular flexibility index (Phi) is 10.6. The van der Waals surface area contributed by atoms with E-state index in [-0.39, 0.29) is 49.9 Å². The van der Waals surface area contributed by atoms with Crippen LogP contribution in [0.5, 0.6) is 0 Å². The Balaban J connectivity index is 2.53. The van der Waals surface area contributed by atoms with Crippen LogP contribution in [0.25, 0.3) is 0 Å². The van der Waals surface area contributed by atoms with E-state index in [0.717, 1.165) is 4.90 Å². The molecule has 0 radical (unpaired) electrons. The van der Waals surface area contributed by atoms with Gasteiger partial charge in [-0.15, -0.1) is 0 Å². The first-order valence-electron chi connectivity index (χ1n) is 10.2. The second kappa shape index (κ2) is 12.7. The Labute approximate surface area is 176 Å². The van der Waals surface area contributed by atoms with Gasteiger partial charge in [0.25, 0.3) is 5.91 Å². The maximum absolute atomic E-state index is 12.7. The Hall–Kier alpha value is -2.84. The lowest BCUT2D eigenvalue weighted by molar-refractivity contribution is -0.144. The van der Waals surface area contributed by atoms with Crippen LogP contribution in [-0.2, 0) is 28.8 Å². The highest BCUT2D eigenvalue weighted by Crippen LogP contribution is 2.30. The number of allylic oxidation sites excluding steroid dienone is 1. The third-order valence-corrected chi connectivity index (χ3v) is 5.18. The highest BCUT2D eigenvalue weighted by Gasteiger charge is 2.45. The van der Waals surface area contributed by atoms with Gasteiger partial charge in [0.05, 0.1) is 6.54 Å². The fourth-order valence-corrected chi connectivity index (χ4v) is 3.42. The molecule has 0 saturated carbocycles. The monoisotopic (exact) mass is 421 g/mol. The molecule has 1 rings (SSSR count). The Morgan fingerprint density at radius 2 is 1.87 bits per heavy atom. The fourth-order valence-electron chi connectivity index (χ4n) is 3.42. The number of imide groups is 1. The highest BCUT2D eigenvalue weighted by molar-refractivity contribution is 5.95. The summed E-state index contributed by atoms with van der Waals surface area (Å²) in [5.41, 5.74) is -1.02. The zero-order valence-electron chi connectivity index (χ0n) is 17.7. The number of ketones is 1. The minimum Gasteiger partial charge on any atom is -0.347 e. The van der Waals surface area contributed by atoms with Crippen molar-refractivity contribution in [2.45, 2.75) is 64.3 Å². The molecule has 1 fully saturated rings. The van der Waals surface area contributed by atoms with E-state index >= 15 is 0 Å². The maximum atomic E-state index is 12.7. The van der Waals surface area contributed by atoms with Gasteiger partial charge in [0.2, 0.25) is 18.2 Å². The molecule has 0 aliphatic carbocycles. The van der Waals surface area contributed by atoms with Crippen LogP contribution in [0.4, 0.5) is 0 Å². The van der Waals surface area contributed by atoms with Crippen LogP contribution in [0.15, 0.2) is 12.2 Å². The second-order valence-electron chi connectivity index (χ2n) is 7.44. The smallest absolute Gasteiger partial charge is 0.252 e. The number of likely N-dealkylation sites (tertiary alicyclic amines) is 1. The minimum atomic E-state index is -1.02. The van der Waals surface area contributed by atoms with Gasteiger partial charge >= 0.3 is 0 Å². The number of hydrogen-bond acceptors (Lipinski definition) is 6. The van der Waals surface area contributed by atoms with Crippen LogP contribution >= 0.6 is 0 Å². The van der Waals surface area contributed by atoms with Crippen LogP contribution in [0.1, 0.15) is 58.8 Å². The number of rotatable bonds is 13. The van der Waals surface area contributed by atoms with Gasteiger partial charge in [0.1, 0.15) is 11.8 Å². The largest absolute Gasteiger partial charge is 0.347 e. The molecule has 30 heavy (non-hydrogen) atoms. The number of amides is 4. The molecule has 4 amide bonds. The van der Waals surface area contributed by atoms with E-state index in [1.54, 1.807) is 24.8 Å². The minimum absolute atomic E-state index is 0.0808. The van der Waals surface area contributed by atoms with E-state index in [4.69, 9.17) is 0 Å². The number of carbonyl (C=O) groups is 6. The van der Waals surface area contributed by atoms with E-state index in [2.05, 4.69) is 5.32 Å². The number of nitrogens with zero attached hydrogens (tertiary/aromatic N) is 2. The molecule has 0 unspecified atom stereocenters. The number of aldehydes is 1. The molecule has 1 aliphatic rings. The molecule has 1 N–H and O–H groups in total. The topological polar surface area (TPSA) is 121 Å². The quantitative estimate of drug-likeness (QED) is 0.266. The van der Waals surface area contributed by atoms with Crippen LogP contribution < -0.4 is 5.32 Å². The van der Waals surface area contributed by atoms with Crippen LogP contribution in [0.3, 0.4) is 0 Å². The average Bonchev–Trinajstić information content (AvgIpc) is 3.13. The fraction of sp³-hybridized carbons (Fsp3) is 0.619. The lowest BCUT2D eigenvalue weighted by Gasteiger charge is -2.34. The number of carbonyl (C=O) groups excluding carboxylic acids is 6. The summed E-state index contributed by atoms with van der Waals surface area (Å²) in [6.45, 7) is 3.89. The Morgan fingerprint density at radius 1 is 1.13 bits per heavy atom. The summed E-state index contributed by atoms with van der Waals surface area (Å²) < 4.78 is 0. The molecule has 166 valence electrons. The van der Waals surface area contributed by atoms with Crippen molar-refractivity contribution >= 4 is 36.2 Å². The standard InChI is InChI=1S/C21H31N3O6/c1-3-8-18(28)23(16-26)12-5-4-10-19(29)24-13-7-11-21(24,2)20(30)22-15-17(27)9-6-14-25/h3,8,14,16H,4-7,9-13,15H2,1-2H3,(H,22,30)/b8-3-/t21-/m0/s1. The summed E-state index contributed by atoms with van der Waals surface area (Å²) in [6, 6.07) is 0. The zero-order valence-corrected chi connectivity index (χ0v) is 17.7. The molecule has 1 atom stereocenters. The predicted octanol–water partition coefficient (Wildman–Crippen LogP) is 0.763. The van der Waals surface area contributed by atoms with Crippen molar-refractivity contribution in [1.29, 1.82) is 0 Å². The van der Waals surface area contributed by atoms with E-state index in [0.29, 0.717) is 44.9 Å². The van der Waals surface area contributed by atoms with E-state index in [1.807, 2.05) is 0 Å². The summed E-state index contributed by atoms with van der Waals surface area (Å²) in [5, 5.41) is 2.59. The summed E-state index contributed by atoms with van der Waals surface area (Å²) in [4.78, 5) is 72.6. The van der Waals surface area contributed by atoms with Crippen molar-refractivity contribution in [2.24, 2.45) is 0 Å². The summed E-state index contributed by atoms with van der Waals surface area (Å²) in [6.07, 6.45) is 6.54. The lowest BCUT2D eigenvalue weighted by atomic mass is 9.97. The SMILES string of the molecule is C/C=C\C(=O)N(C=O)CCCCC(=O)N1CCC[C@@]1(C)C(=O)NCC(=O)CCC=O. The predicted molar refractivity (Wildman–Crippen MR) is 109 cm³/mol. The first-order valence-corrected chi connectivity index (χ1v) is 10.2. The van der Waals surface area contributed by atoms with E-state index in [1.165, 1.54) is 6.08 Å². The van der Waals surface area contributed by atoms with Gasteiger partial charge in [0.15, 0.2) is 5.78 Å². The van der Waals surface area contributed by atoms with Crippen molar-refractivity contribution in [3.05, 3.63) is 12.2 Å². The molecule has 1 heterocycles. The van der Waals surface area contributed by atoms with Crippen molar-refractivity contribution in [3.63, 3.8) is 0 Å². The molecule has 0 bridgehead atoms. The molecule has 1 saturated heterocycles. The van der Waals surface area contributed by atoms with Gasteiger partial charge in [-0.2, -0.15) is 0 Å². The first-order chi connectivity index (χ1) is 14.3. The molecule has 0 aromatic carbocycles. The summed E-state index contributed by atoms with van der Waals surface area (Å²) >= 11 is 0. The Morgan fingerprint density at radius 3 is 2.50 bits per heavy atom. The van der Waals surface area contributed by atoms with Crippen LogP contribution in [-0.4, -0.2) is 71.2 Å². The van der Waals surface area contributed by atoms with Crippen molar-refractivity contribution in [1.82, 2.24) is 15.1 Å². The molecule has 0 aromatic rings. The molecular formula is C21H31N3O6. The molecule has 0 aromatic heterocycles. The van der Waals surface area contributed by atoms with E-state index < -0.39 is 11.4 Å². The van der Waals surface area contributed by atoms with Crippen LogP contribution in [0.2, 0.25) is 0 Å². The van der Waals surface area contributed by atoms with Gasteiger partial charge in [-0.05, 0) is 45.6 Å². The van der Waals surface area contributed by atoms with Gasteiger partial charge in [-0.1, -0.05) is 6.08 Å². The van der Waals surface area contributed by atoms with Gasteiger partial charge < -0.3 is 15.0 Å². The first kappa shape index (κ1) is 25.2. The number of hydrogen-bond donors (Lipinski definition) is 1. The van der Waals surface area contributed by atoms with Crippen LogP contribution in [0, 0.1) is 0 Å². The second-order valence-corrected chi connectivity index (χ2v) is 7.44. The molecule has 9 heteroatoms. The van der Waals surface area contributed by atoms with Gasteiger partial charge in [-0.25, -0.2) is 0 Å². The van der Waals surface area contributed by atoms with Crippen molar-refractivity contribution in [2.75, 3.05) is 19.6 Å². The Bertz CT molecular complexity index is 690. The molecule has 9 nitrogen and oxygen atoms in total. The molecular weight excluding hydrogens is 390 g/mol. The highest BCUT2D eigenvalue weighted by atomic mass is 16.2. The third-order valence-electron chi connectivity index (χ3n) is 5.18. The van der Waals surface area contributed by atoms with Crippen molar-refractivity contribution < 1.29 is 28.8 Å². The van der Waals surface area contributed by atoms with Crippen molar-refractivity contribution in [3.8, 4) is 0 Å². The lowest BCUT2D eigenvalue weighted by Crippen LogP contribution is -2.56. The molecule has 0 spiro atoms. The average molecular weight is 421 g/mol. The normalized spacial score (nSPS) is 18.3. The van der Waals surface area contributed by atoms with Gasteiger partial charge in [-0.3, -0.25) is 28.9 Å². The number of nitrogens with one attached hydrogen (secondary N) is 1. The summed E-state index contributed by atoms with van der Waals surface area (Å²) in [7, 11) is 0. The third kappa shape index (κ3) is 7.20. The zero-order chi connectivity index (χ0) is 22.6. The van der Waals surface area contributed by atoms with Gasteiger partial charge in [0, 0.05) is 32.4 Å². The number of unbranched alkanes of at least 4 members (excludes halogenated alkanes) is 1. The molecule has 1 aliphatic heterocycles. The maximum Gasteiger partial charge on any atom is 0.252 e. The number of Topliss-reactive ketones (excluding diaryl/α,β-unsaturated/α-hetero) is 1. The van der Waals surface area contributed by atoms with E-state index in [9.17, 15) is 28.8 Å². The summed E-state index contributed by atoms with van der Waals surface area (Å²) in [5.74, 6) is -1.18.